The second-order valence-corrected chi connectivity index (χ2v) is 3.59. The van der Waals surface area contributed by atoms with Gasteiger partial charge in [-0.3, -0.25) is 9.78 Å². The fourth-order valence-electron chi connectivity index (χ4n) is 1.39. The van der Waals surface area contributed by atoms with Gasteiger partial charge in [0.2, 0.25) is 5.82 Å². The van der Waals surface area contributed by atoms with Crippen LogP contribution in [0.15, 0.2) is 9.59 Å². The lowest BCUT2D eigenvalue weighted by atomic mass is 10.0. The average Bonchev–Trinajstić information content (AvgIpc) is 2.26. The maximum atomic E-state index is 11.3. The topological polar surface area (TPSA) is 117 Å². The summed E-state index contributed by atoms with van der Waals surface area (Å²) in [5, 5.41) is 8.68. The maximum Gasteiger partial charge on any atom is 0.342 e. The molecule has 0 spiro atoms. The Labute approximate surface area is 92.5 Å². The molecule has 0 saturated heterocycles. The number of anilines is 1. The first kappa shape index (κ1) is 12.4. The molecule has 1 aromatic rings. The summed E-state index contributed by atoms with van der Waals surface area (Å²) in [6.45, 7) is 3.30. The summed E-state index contributed by atoms with van der Waals surface area (Å²) in [5.74, 6) is 0.535. The number of rotatable bonds is 6. The standard InChI is InChI=1S/C9H17N5O2/c1-2-6(3-4-10)5-11-7-8(15)12-9(16)14-13-7/h6H,2-5,10H2,1H3,(H,11,13)(H2,12,14,15,16). The Bertz CT molecular complexity index is 424. The molecular formula is C9H17N5O2. The van der Waals surface area contributed by atoms with E-state index < -0.39 is 11.2 Å². The predicted molar refractivity (Wildman–Crippen MR) is 61.4 cm³/mol. The van der Waals surface area contributed by atoms with Crippen molar-refractivity contribution < 1.29 is 0 Å². The smallest absolute Gasteiger partial charge is 0.342 e. The summed E-state index contributed by atoms with van der Waals surface area (Å²) >= 11 is 0. The van der Waals surface area contributed by atoms with Gasteiger partial charge in [-0.05, 0) is 18.9 Å². The summed E-state index contributed by atoms with van der Waals surface area (Å²) in [5.41, 5.74) is 4.35. The second kappa shape index (κ2) is 6.06. The van der Waals surface area contributed by atoms with Gasteiger partial charge in [-0.1, -0.05) is 13.3 Å². The molecule has 0 saturated carbocycles. The van der Waals surface area contributed by atoms with Crippen molar-refractivity contribution in [3.8, 4) is 0 Å². The van der Waals surface area contributed by atoms with Crippen LogP contribution < -0.4 is 22.3 Å². The Balaban J connectivity index is 2.60. The summed E-state index contributed by atoms with van der Waals surface area (Å²) in [6.07, 6.45) is 1.87. The van der Waals surface area contributed by atoms with Gasteiger partial charge in [-0.2, -0.15) is 0 Å². The average molecular weight is 227 g/mol. The van der Waals surface area contributed by atoms with Crippen LogP contribution in [0.1, 0.15) is 19.8 Å². The second-order valence-electron chi connectivity index (χ2n) is 3.59. The van der Waals surface area contributed by atoms with E-state index >= 15 is 0 Å². The highest BCUT2D eigenvalue weighted by Gasteiger charge is 2.07. The van der Waals surface area contributed by atoms with Crippen molar-refractivity contribution in [3.05, 3.63) is 20.8 Å². The third-order valence-corrected chi connectivity index (χ3v) is 2.42. The van der Waals surface area contributed by atoms with E-state index in [1.807, 2.05) is 0 Å². The molecular weight excluding hydrogens is 210 g/mol. The van der Waals surface area contributed by atoms with Crippen LogP contribution in [0.4, 0.5) is 5.82 Å². The zero-order chi connectivity index (χ0) is 12.0. The normalized spacial score (nSPS) is 12.4. The molecule has 1 atom stereocenters. The molecule has 90 valence electrons. The van der Waals surface area contributed by atoms with Gasteiger partial charge >= 0.3 is 5.69 Å². The van der Waals surface area contributed by atoms with E-state index in [2.05, 4.69) is 27.4 Å². The molecule has 1 unspecified atom stereocenters. The van der Waals surface area contributed by atoms with E-state index in [4.69, 9.17) is 5.73 Å². The molecule has 0 radical (unpaired) electrons. The van der Waals surface area contributed by atoms with E-state index in [-0.39, 0.29) is 5.82 Å². The molecule has 0 aliphatic rings. The van der Waals surface area contributed by atoms with Crippen molar-refractivity contribution in [2.24, 2.45) is 11.7 Å². The number of hydrogen-bond acceptors (Lipinski definition) is 5. The molecule has 7 nitrogen and oxygen atoms in total. The Morgan fingerprint density at radius 2 is 2.25 bits per heavy atom. The number of hydrogen-bond donors (Lipinski definition) is 4. The Morgan fingerprint density at radius 1 is 1.50 bits per heavy atom. The van der Waals surface area contributed by atoms with Crippen LogP contribution in [0.5, 0.6) is 0 Å². The maximum absolute atomic E-state index is 11.3. The SMILES string of the molecule is CCC(CCN)CNc1n[nH]c(=O)[nH]c1=O. The molecule has 0 aliphatic carbocycles. The summed E-state index contributed by atoms with van der Waals surface area (Å²) < 4.78 is 0. The van der Waals surface area contributed by atoms with Crippen molar-refractivity contribution in [1.29, 1.82) is 0 Å². The van der Waals surface area contributed by atoms with Gasteiger partial charge < -0.3 is 11.1 Å². The van der Waals surface area contributed by atoms with Crippen molar-refractivity contribution in [1.82, 2.24) is 15.2 Å². The largest absolute Gasteiger partial charge is 0.364 e. The van der Waals surface area contributed by atoms with E-state index in [9.17, 15) is 9.59 Å². The number of aromatic nitrogens is 3. The lowest BCUT2D eigenvalue weighted by Crippen LogP contribution is -2.28. The molecule has 0 bridgehead atoms. The lowest BCUT2D eigenvalue weighted by molar-refractivity contribution is 0.500. The molecule has 16 heavy (non-hydrogen) atoms. The first-order valence-corrected chi connectivity index (χ1v) is 5.30. The number of nitrogens with zero attached hydrogens (tertiary/aromatic N) is 1. The van der Waals surface area contributed by atoms with E-state index in [0.717, 1.165) is 12.8 Å². The molecule has 1 rings (SSSR count). The van der Waals surface area contributed by atoms with Crippen molar-refractivity contribution in [2.45, 2.75) is 19.8 Å². The Kier molecular flexibility index (Phi) is 4.71. The molecule has 5 N–H and O–H groups in total. The van der Waals surface area contributed by atoms with E-state index in [0.29, 0.717) is 19.0 Å². The van der Waals surface area contributed by atoms with Crippen LogP contribution in [0.2, 0.25) is 0 Å². The first-order valence-electron chi connectivity index (χ1n) is 5.30. The fraction of sp³-hybridized carbons (Fsp3) is 0.667. The summed E-state index contributed by atoms with van der Waals surface area (Å²) in [4.78, 5) is 24.1. The number of aromatic amines is 2. The van der Waals surface area contributed by atoms with Gasteiger partial charge in [-0.25, -0.2) is 9.89 Å². The Hall–Kier alpha value is -1.63. The van der Waals surface area contributed by atoms with Gasteiger partial charge in [0, 0.05) is 6.54 Å². The predicted octanol–water partition coefficient (Wildman–Crippen LogP) is -0.755. The minimum atomic E-state index is -0.607. The zero-order valence-electron chi connectivity index (χ0n) is 9.25. The molecule has 1 aromatic heterocycles. The lowest BCUT2D eigenvalue weighted by Gasteiger charge is -2.13. The molecule has 0 amide bonds. The summed E-state index contributed by atoms with van der Waals surface area (Å²) in [6, 6.07) is 0. The van der Waals surface area contributed by atoms with Gasteiger partial charge in [0.25, 0.3) is 5.56 Å². The van der Waals surface area contributed by atoms with Crippen molar-refractivity contribution in [2.75, 3.05) is 18.4 Å². The highest BCUT2D eigenvalue weighted by molar-refractivity contribution is 5.28. The monoisotopic (exact) mass is 227 g/mol. The first-order chi connectivity index (χ1) is 7.67. The molecule has 1 heterocycles. The van der Waals surface area contributed by atoms with Crippen LogP contribution in [-0.2, 0) is 0 Å². The van der Waals surface area contributed by atoms with Gasteiger partial charge in [0.05, 0.1) is 0 Å². The molecule has 0 aliphatic heterocycles. The van der Waals surface area contributed by atoms with Gasteiger partial charge in [-0.15, -0.1) is 5.10 Å². The van der Waals surface area contributed by atoms with Crippen LogP contribution >= 0.6 is 0 Å². The van der Waals surface area contributed by atoms with E-state index in [1.165, 1.54) is 0 Å². The molecule has 7 heteroatoms. The van der Waals surface area contributed by atoms with Gasteiger partial charge in [0.15, 0.2) is 0 Å². The Morgan fingerprint density at radius 3 is 2.81 bits per heavy atom. The fourth-order valence-corrected chi connectivity index (χ4v) is 1.39. The third-order valence-electron chi connectivity index (χ3n) is 2.42. The van der Waals surface area contributed by atoms with E-state index in [1.54, 1.807) is 0 Å². The van der Waals surface area contributed by atoms with Crippen molar-refractivity contribution in [3.63, 3.8) is 0 Å². The molecule has 0 aromatic carbocycles. The number of nitrogens with two attached hydrogens (primary N) is 1. The van der Waals surface area contributed by atoms with Crippen LogP contribution in [0.25, 0.3) is 0 Å². The van der Waals surface area contributed by atoms with Crippen LogP contribution in [0, 0.1) is 5.92 Å². The summed E-state index contributed by atoms with van der Waals surface area (Å²) in [7, 11) is 0. The highest BCUT2D eigenvalue weighted by atomic mass is 16.2. The highest BCUT2D eigenvalue weighted by Crippen LogP contribution is 2.06. The van der Waals surface area contributed by atoms with Crippen LogP contribution in [-0.4, -0.2) is 28.3 Å². The third kappa shape index (κ3) is 3.50. The minimum Gasteiger partial charge on any atom is -0.364 e. The van der Waals surface area contributed by atoms with Crippen LogP contribution in [0.3, 0.4) is 0 Å². The number of H-pyrrole nitrogens is 2. The zero-order valence-corrected chi connectivity index (χ0v) is 9.25. The molecule has 0 fully saturated rings. The quantitative estimate of drug-likeness (QED) is 0.510. The number of nitrogens with one attached hydrogen (secondary N) is 3. The minimum absolute atomic E-state index is 0.134. The van der Waals surface area contributed by atoms with Crippen molar-refractivity contribution >= 4 is 5.82 Å². The van der Waals surface area contributed by atoms with Gasteiger partial charge in [0.1, 0.15) is 0 Å².